The Hall–Kier alpha value is -1.44. The van der Waals surface area contributed by atoms with Gasteiger partial charge in [0.15, 0.2) is 0 Å². The Morgan fingerprint density at radius 3 is 2.48 bits per heavy atom. The number of carbonyl (C=O) groups is 1. The highest BCUT2D eigenvalue weighted by atomic mass is 32.2. The molecule has 6 nitrogen and oxygen atoms in total. The van der Waals surface area contributed by atoms with Crippen molar-refractivity contribution in [3.63, 3.8) is 0 Å². The van der Waals surface area contributed by atoms with E-state index in [1.807, 2.05) is 6.92 Å². The monoisotopic (exact) mass is 311 g/mol. The average Bonchev–Trinajstić information content (AvgIpc) is 2.36. The molecule has 2 rings (SSSR count). The van der Waals surface area contributed by atoms with Crippen LogP contribution in [0.25, 0.3) is 0 Å². The SMILES string of the molecule is Cc1ccc(S(=O)(=O)NCCN(C)C(=O)C2CNC2)cc1. The zero-order chi connectivity index (χ0) is 15.5. The molecule has 0 unspecified atom stereocenters. The molecule has 1 heterocycles. The van der Waals surface area contributed by atoms with E-state index in [1.54, 1.807) is 36.2 Å². The van der Waals surface area contributed by atoms with Crippen LogP contribution in [-0.2, 0) is 14.8 Å². The summed E-state index contributed by atoms with van der Waals surface area (Å²) >= 11 is 0. The number of sulfonamides is 1. The van der Waals surface area contributed by atoms with Gasteiger partial charge in [-0.05, 0) is 19.1 Å². The molecule has 1 aliphatic heterocycles. The molecule has 0 aliphatic carbocycles. The second-order valence-electron chi connectivity index (χ2n) is 5.33. The first-order valence-corrected chi connectivity index (χ1v) is 8.40. The van der Waals surface area contributed by atoms with Crippen LogP contribution in [0.1, 0.15) is 5.56 Å². The molecule has 7 heteroatoms. The molecule has 0 saturated carbocycles. The first-order valence-electron chi connectivity index (χ1n) is 6.92. The third-order valence-electron chi connectivity index (χ3n) is 3.58. The quantitative estimate of drug-likeness (QED) is 0.772. The lowest BCUT2D eigenvalue weighted by Gasteiger charge is -2.30. The third-order valence-corrected chi connectivity index (χ3v) is 5.05. The number of benzene rings is 1. The van der Waals surface area contributed by atoms with Gasteiger partial charge in [-0.2, -0.15) is 0 Å². The van der Waals surface area contributed by atoms with Gasteiger partial charge in [0.1, 0.15) is 0 Å². The summed E-state index contributed by atoms with van der Waals surface area (Å²) in [6.45, 7) is 3.88. The molecule has 21 heavy (non-hydrogen) atoms. The summed E-state index contributed by atoms with van der Waals surface area (Å²) in [5.41, 5.74) is 1.01. The van der Waals surface area contributed by atoms with E-state index in [4.69, 9.17) is 0 Å². The second kappa shape index (κ2) is 6.55. The van der Waals surface area contributed by atoms with E-state index >= 15 is 0 Å². The lowest BCUT2D eigenvalue weighted by molar-refractivity contribution is -0.135. The minimum Gasteiger partial charge on any atom is -0.344 e. The summed E-state index contributed by atoms with van der Waals surface area (Å²) < 4.78 is 26.7. The van der Waals surface area contributed by atoms with Crippen LogP contribution in [-0.4, -0.2) is 52.5 Å². The maximum Gasteiger partial charge on any atom is 0.240 e. The number of likely N-dealkylation sites (N-methyl/N-ethyl adjacent to an activating group) is 1. The second-order valence-corrected chi connectivity index (χ2v) is 7.09. The van der Waals surface area contributed by atoms with Crippen LogP contribution in [0.4, 0.5) is 0 Å². The van der Waals surface area contributed by atoms with Crippen molar-refractivity contribution in [1.82, 2.24) is 14.9 Å². The maximum atomic E-state index is 12.1. The van der Waals surface area contributed by atoms with Gasteiger partial charge in [0, 0.05) is 33.2 Å². The van der Waals surface area contributed by atoms with Crippen molar-refractivity contribution in [1.29, 1.82) is 0 Å². The van der Waals surface area contributed by atoms with Crippen molar-refractivity contribution in [3.8, 4) is 0 Å². The fraction of sp³-hybridized carbons (Fsp3) is 0.500. The Bertz CT molecular complexity index is 594. The highest BCUT2D eigenvalue weighted by Gasteiger charge is 2.27. The van der Waals surface area contributed by atoms with E-state index in [-0.39, 0.29) is 23.3 Å². The van der Waals surface area contributed by atoms with Gasteiger partial charge in [-0.1, -0.05) is 17.7 Å². The summed E-state index contributed by atoms with van der Waals surface area (Å²) in [6, 6.07) is 6.67. The fourth-order valence-corrected chi connectivity index (χ4v) is 3.05. The van der Waals surface area contributed by atoms with Crippen LogP contribution in [0, 0.1) is 12.8 Å². The molecular weight excluding hydrogens is 290 g/mol. The molecule has 1 aromatic carbocycles. The minimum atomic E-state index is -3.51. The summed E-state index contributed by atoms with van der Waals surface area (Å²) in [7, 11) is -1.82. The molecule has 0 aromatic heterocycles. The third kappa shape index (κ3) is 4.03. The molecular formula is C14H21N3O3S. The largest absolute Gasteiger partial charge is 0.344 e. The maximum absolute atomic E-state index is 12.1. The molecule has 1 fully saturated rings. The van der Waals surface area contributed by atoms with Crippen molar-refractivity contribution in [2.45, 2.75) is 11.8 Å². The van der Waals surface area contributed by atoms with Crippen molar-refractivity contribution in [2.75, 3.05) is 33.2 Å². The molecule has 0 bridgehead atoms. The molecule has 1 aromatic rings. The Morgan fingerprint density at radius 1 is 1.33 bits per heavy atom. The number of carbonyl (C=O) groups excluding carboxylic acids is 1. The Morgan fingerprint density at radius 2 is 1.95 bits per heavy atom. The number of aryl methyl sites for hydroxylation is 1. The predicted molar refractivity (Wildman–Crippen MR) is 80.4 cm³/mol. The molecule has 0 radical (unpaired) electrons. The van der Waals surface area contributed by atoms with Gasteiger partial charge < -0.3 is 10.2 Å². The van der Waals surface area contributed by atoms with Crippen LogP contribution in [0.3, 0.4) is 0 Å². The summed E-state index contributed by atoms with van der Waals surface area (Å²) in [5, 5.41) is 3.04. The Kier molecular flexibility index (Phi) is 4.97. The van der Waals surface area contributed by atoms with Gasteiger partial charge in [-0.15, -0.1) is 0 Å². The average molecular weight is 311 g/mol. The van der Waals surface area contributed by atoms with Gasteiger partial charge in [0.05, 0.1) is 10.8 Å². The summed E-state index contributed by atoms with van der Waals surface area (Å²) in [6.07, 6.45) is 0. The molecule has 0 atom stereocenters. The zero-order valence-corrected chi connectivity index (χ0v) is 13.1. The van der Waals surface area contributed by atoms with Crippen LogP contribution >= 0.6 is 0 Å². The Labute approximate surface area is 125 Å². The number of nitrogens with one attached hydrogen (secondary N) is 2. The standard InChI is InChI=1S/C14H21N3O3S/c1-11-3-5-13(6-4-11)21(19,20)16-7-8-17(2)14(18)12-9-15-10-12/h3-6,12,15-16H,7-10H2,1-2H3. The molecule has 1 aliphatic rings. The van der Waals surface area contributed by atoms with Crippen molar-refractivity contribution < 1.29 is 13.2 Å². The highest BCUT2D eigenvalue weighted by Crippen LogP contribution is 2.10. The van der Waals surface area contributed by atoms with Gasteiger partial charge in [0.2, 0.25) is 15.9 Å². The lowest BCUT2D eigenvalue weighted by Crippen LogP contribution is -2.52. The normalized spacial score (nSPS) is 15.5. The van der Waals surface area contributed by atoms with Crippen LogP contribution in [0.15, 0.2) is 29.2 Å². The van der Waals surface area contributed by atoms with Gasteiger partial charge >= 0.3 is 0 Å². The van der Waals surface area contributed by atoms with Gasteiger partial charge in [-0.3, -0.25) is 4.79 Å². The van der Waals surface area contributed by atoms with Crippen molar-refractivity contribution in [3.05, 3.63) is 29.8 Å². The van der Waals surface area contributed by atoms with Gasteiger partial charge in [-0.25, -0.2) is 13.1 Å². The van der Waals surface area contributed by atoms with Crippen molar-refractivity contribution >= 4 is 15.9 Å². The van der Waals surface area contributed by atoms with Crippen LogP contribution < -0.4 is 10.0 Å². The smallest absolute Gasteiger partial charge is 0.240 e. The van der Waals surface area contributed by atoms with E-state index in [9.17, 15) is 13.2 Å². The molecule has 2 N–H and O–H groups in total. The highest BCUT2D eigenvalue weighted by molar-refractivity contribution is 7.89. The molecule has 0 spiro atoms. The van der Waals surface area contributed by atoms with E-state index in [0.717, 1.165) is 5.56 Å². The van der Waals surface area contributed by atoms with Gasteiger partial charge in [0.25, 0.3) is 0 Å². The molecule has 1 saturated heterocycles. The number of hydrogen-bond acceptors (Lipinski definition) is 4. The first-order chi connectivity index (χ1) is 9.90. The molecule has 116 valence electrons. The lowest BCUT2D eigenvalue weighted by atomic mass is 10.0. The minimum absolute atomic E-state index is 0.0312. The first kappa shape index (κ1) is 15.9. The van der Waals surface area contributed by atoms with E-state index in [2.05, 4.69) is 10.0 Å². The zero-order valence-electron chi connectivity index (χ0n) is 12.3. The number of hydrogen-bond donors (Lipinski definition) is 2. The number of rotatable bonds is 6. The van der Waals surface area contributed by atoms with Crippen molar-refractivity contribution in [2.24, 2.45) is 5.92 Å². The van der Waals surface area contributed by atoms with Crippen LogP contribution in [0.5, 0.6) is 0 Å². The summed E-state index contributed by atoms with van der Waals surface area (Å²) in [4.78, 5) is 13.7. The van der Waals surface area contributed by atoms with E-state index < -0.39 is 10.0 Å². The number of nitrogens with zero attached hydrogens (tertiary/aromatic N) is 1. The van der Waals surface area contributed by atoms with Crippen LogP contribution in [0.2, 0.25) is 0 Å². The van der Waals surface area contributed by atoms with E-state index in [1.165, 1.54) is 0 Å². The topological polar surface area (TPSA) is 78.5 Å². The summed E-state index contributed by atoms with van der Waals surface area (Å²) in [5.74, 6) is 0.0898. The predicted octanol–water partition coefficient (Wildman–Crippen LogP) is -0.0489. The molecule has 1 amide bonds. The fourth-order valence-electron chi connectivity index (χ4n) is 2.03. The number of amides is 1. The van der Waals surface area contributed by atoms with E-state index in [0.29, 0.717) is 19.6 Å². The Balaban J connectivity index is 1.84.